The van der Waals surface area contributed by atoms with E-state index < -0.39 is 9.84 Å². The number of amides is 1. The molecule has 0 heterocycles. The molecule has 0 spiro atoms. The van der Waals surface area contributed by atoms with E-state index in [-0.39, 0.29) is 11.7 Å². The third kappa shape index (κ3) is 7.16. The normalized spacial score (nSPS) is 10.8. The van der Waals surface area contributed by atoms with Crippen LogP contribution in [0.3, 0.4) is 0 Å². The Morgan fingerprint density at radius 3 is 2.50 bits per heavy atom. The summed E-state index contributed by atoms with van der Waals surface area (Å²) in [6.45, 7) is 0. The molecule has 0 aliphatic rings. The highest BCUT2D eigenvalue weighted by Crippen LogP contribution is 2.10. The second-order valence-corrected chi connectivity index (χ2v) is 7.71. The monoisotopic (exact) mass is 312 g/mol. The van der Waals surface area contributed by atoms with Gasteiger partial charge in [-0.1, -0.05) is 0 Å². The molecule has 0 bridgehead atoms. The first kappa shape index (κ1) is 16.5. The summed E-state index contributed by atoms with van der Waals surface area (Å²) in [5, 5.41) is 11.4. The largest absolute Gasteiger partial charge is 0.326 e. The minimum Gasteiger partial charge on any atom is -0.326 e. The number of thioether (sulfide) groups is 1. The lowest BCUT2D eigenvalue weighted by Crippen LogP contribution is -2.13. The fraction of sp³-hybridized carbons (Fsp3) is 0.385. The summed E-state index contributed by atoms with van der Waals surface area (Å²) >= 11 is 1.44. The molecule has 7 heteroatoms. The lowest BCUT2D eigenvalue weighted by Gasteiger charge is -2.05. The van der Waals surface area contributed by atoms with Crippen LogP contribution in [-0.2, 0) is 14.6 Å². The van der Waals surface area contributed by atoms with Crippen LogP contribution in [0.25, 0.3) is 0 Å². The molecule has 108 valence electrons. The fourth-order valence-electron chi connectivity index (χ4n) is 1.33. The summed E-state index contributed by atoms with van der Waals surface area (Å²) in [5.74, 6) is 1.09. The van der Waals surface area contributed by atoms with Gasteiger partial charge in [0.05, 0.1) is 17.4 Å². The van der Waals surface area contributed by atoms with Crippen LogP contribution in [0.4, 0.5) is 5.69 Å². The van der Waals surface area contributed by atoms with Gasteiger partial charge in [0.15, 0.2) is 0 Å². The number of hydrogen-bond acceptors (Lipinski definition) is 5. The molecule has 1 N–H and O–H groups in total. The smallest absolute Gasteiger partial charge is 0.225 e. The second-order valence-electron chi connectivity index (χ2n) is 4.23. The molecule has 5 nitrogen and oxygen atoms in total. The van der Waals surface area contributed by atoms with Crippen molar-refractivity contribution >= 4 is 33.2 Å². The van der Waals surface area contributed by atoms with Crippen molar-refractivity contribution in [3.8, 4) is 6.07 Å². The molecule has 0 radical (unpaired) electrons. The van der Waals surface area contributed by atoms with E-state index in [0.717, 1.165) is 0 Å². The van der Waals surface area contributed by atoms with E-state index in [1.807, 2.05) is 6.07 Å². The molecule has 0 unspecified atom stereocenters. The maximum Gasteiger partial charge on any atom is 0.225 e. The summed E-state index contributed by atoms with van der Waals surface area (Å²) in [6, 6.07) is 8.62. The Labute approximate surface area is 123 Å². The molecule has 0 saturated carbocycles. The summed E-state index contributed by atoms with van der Waals surface area (Å²) in [6.07, 6.45) is 1.53. The highest BCUT2D eigenvalue weighted by atomic mass is 32.2. The Hall–Kier alpha value is -1.52. The predicted molar refractivity (Wildman–Crippen MR) is 81.4 cm³/mol. The number of benzene rings is 1. The van der Waals surface area contributed by atoms with Crippen LogP contribution in [0.1, 0.15) is 12.0 Å². The minimum absolute atomic E-state index is 0.124. The zero-order chi connectivity index (χ0) is 15.0. The van der Waals surface area contributed by atoms with Crippen molar-refractivity contribution in [2.75, 3.05) is 28.8 Å². The molecular weight excluding hydrogens is 296 g/mol. The maximum absolute atomic E-state index is 11.6. The third-order valence-corrected chi connectivity index (χ3v) is 4.56. The van der Waals surface area contributed by atoms with Crippen LogP contribution in [0.5, 0.6) is 0 Å². The Kier molecular flexibility index (Phi) is 6.55. The predicted octanol–water partition coefficient (Wildman–Crippen LogP) is 1.66. The molecule has 1 amide bonds. The SMILES string of the molecule is CS(=O)(=O)CCSCCC(=O)Nc1ccc(C#N)cc1. The molecule has 1 aromatic carbocycles. The van der Waals surface area contributed by atoms with Crippen LogP contribution in [-0.4, -0.2) is 37.8 Å². The lowest BCUT2D eigenvalue weighted by molar-refractivity contribution is -0.115. The van der Waals surface area contributed by atoms with Crippen molar-refractivity contribution in [1.29, 1.82) is 5.26 Å². The molecule has 0 atom stereocenters. The van der Waals surface area contributed by atoms with Crippen molar-refractivity contribution in [2.45, 2.75) is 6.42 Å². The number of nitrogens with one attached hydrogen (secondary N) is 1. The van der Waals surface area contributed by atoms with Crippen molar-refractivity contribution in [3.05, 3.63) is 29.8 Å². The molecule has 0 fully saturated rings. The summed E-state index contributed by atoms with van der Waals surface area (Å²) in [7, 11) is -2.93. The number of anilines is 1. The quantitative estimate of drug-likeness (QED) is 0.774. The highest BCUT2D eigenvalue weighted by Gasteiger charge is 2.04. The van der Waals surface area contributed by atoms with Gasteiger partial charge in [-0.05, 0) is 24.3 Å². The standard InChI is InChI=1S/C13H16N2O3S2/c1-20(17,18)9-8-19-7-6-13(16)15-12-4-2-11(10-14)3-5-12/h2-5H,6-9H2,1H3,(H,15,16). The Bertz CT molecular complexity index is 589. The second kappa shape index (κ2) is 7.92. The van der Waals surface area contributed by atoms with E-state index in [0.29, 0.717) is 29.2 Å². The van der Waals surface area contributed by atoms with Crippen molar-refractivity contribution in [3.63, 3.8) is 0 Å². The molecule has 20 heavy (non-hydrogen) atoms. The van der Waals surface area contributed by atoms with Crippen molar-refractivity contribution in [1.82, 2.24) is 0 Å². The van der Waals surface area contributed by atoms with Crippen molar-refractivity contribution in [2.24, 2.45) is 0 Å². The summed E-state index contributed by atoms with van der Waals surface area (Å²) in [4.78, 5) is 11.6. The van der Waals surface area contributed by atoms with E-state index in [2.05, 4.69) is 5.32 Å². The molecule has 0 aromatic heterocycles. The van der Waals surface area contributed by atoms with Crippen LogP contribution >= 0.6 is 11.8 Å². The average Bonchev–Trinajstić information content (AvgIpc) is 2.38. The van der Waals surface area contributed by atoms with Crippen molar-refractivity contribution < 1.29 is 13.2 Å². The van der Waals surface area contributed by atoms with E-state index in [9.17, 15) is 13.2 Å². The van der Waals surface area contributed by atoms with Crippen LogP contribution in [0, 0.1) is 11.3 Å². The number of rotatable bonds is 7. The Balaban J connectivity index is 2.25. The molecule has 0 aliphatic heterocycles. The Morgan fingerprint density at radius 2 is 1.95 bits per heavy atom. The molecule has 1 aromatic rings. The molecule has 0 aliphatic carbocycles. The number of sulfone groups is 1. The van der Waals surface area contributed by atoms with Gasteiger partial charge in [-0.3, -0.25) is 4.79 Å². The number of carbonyl (C=O) groups is 1. The Morgan fingerprint density at radius 1 is 1.30 bits per heavy atom. The number of hydrogen-bond donors (Lipinski definition) is 1. The molecular formula is C13H16N2O3S2. The lowest BCUT2D eigenvalue weighted by atomic mass is 10.2. The van der Waals surface area contributed by atoms with Gasteiger partial charge in [0.25, 0.3) is 0 Å². The van der Waals surface area contributed by atoms with E-state index in [4.69, 9.17) is 5.26 Å². The van der Waals surface area contributed by atoms with Gasteiger partial charge in [0.2, 0.25) is 5.91 Å². The summed E-state index contributed by atoms with van der Waals surface area (Å²) in [5.41, 5.74) is 1.19. The molecule has 1 rings (SSSR count). The van der Waals surface area contributed by atoms with E-state index >= 15 is 0 Å². The molecule has 0 saturated heterocycles. The minimum atomic E-state index is -2.93. The first-order valence-corrected chi connectivity index (χ1v) is 9.18. The average molecular weight is 312 g/mol. The highest BCUT2D eigenvalue weighted by molar-refractivity contribution is 8.00. The summed E-state index contributed by atoms with van der Waals surface area (Å²) < 4.78 is 21.8. The van der Waals surface area contributed by atoms with Gasteiger partial charge in [0, 0.05) is 29.9 Å². The zero-order valence-corrected chi connectivity index (χ0v) is 12.8. The number of nitriles is 1. The fourth-order valence-corrected chi connectivity index (χ4v) is 3.55. The van der Waals surface area contributed by atoms with E-state index in [1.54, 1.807) is 24.3 Å². The van der Waals surface area contributed by atoms with Gasteiger partial charge in [-0.25, -0.2) is 8.42 Å². The topological polar surface area (TPSA) is 87.0 Å². The third-order valence-electron chi connectivity index (χ3n) is 2.37. The zero-order valence-electron chi connectivity index (χ0n) is 11.1. The van der Waals surface area contributed by atoms with Crippen LogP contribution < -0.4 is 5.32 Å². The first-order chi connectivity index (χ1) is 9.40. The van der Waals surface area contributed by atoms with Gasteiger partial charge in [-0.15, -0.1) is 0 Å². The maximum atomic E-state index is 11.6. The van der Waals surface area contributed by atoms with Gasteiger partial charge in [-0.2, -0.15) is 17.0 Å². The number of carbonyl (C=O) groups excluding carboxylic acids is 1. The van der Waals surface area contributed by atoms with Gasteiger partial charge >= 0.3 is 0 Å². The van der Waals surface area contributed by atoms with Gasteiger partial charge in [0.1, 0.15) is 9.84 Å². The van der Waals surface area contributed by atoms with Crippen LogP contribution in [0.2, 0.25) is 0 Å². The number of nitrogens with zero attached hydrogens (tertiary/aromatic N) is 1. The van der Waals surface area contributed by atoms with Crippen LogP contribution in [0.15, 0.2) is 24.3 Å². The first-order valence-electron chi connectivity index (χ1n) is 5.96. The van der Waals surface area contributed by atoms with Gasteiger partial charge < -0.3 is 5.32 Å². The van der Waals surface area contributed by atoms with E-state index in [1.165, 1.54) is 18.0 Å².